The molecular formula is C21H19N3O2S. The van der Waals surface area contributed by atoms with E-state index in [0.29, 0.717) is 5.13 Å². The molecule has 1 atom stereocenters. The van der Waals surface area contributed by atoms with Crippen molar-refractivity contribution >= 4 is 27.2 Å². The van der Waals surface area contributed by atoms with Crippen molar-refractivity contribution in [1.29, 1.82) is 0 Å². The quantitative estimate of drug-likeness (QED) is 0.517. The molecule has 0 aliphatic heterocycles. The zero-order valence-electron chi connectivity index (χ0n) is 15.0. The first kappa shape index (κ1) is 17.3. The topological polar surface area (TPSA) is 67.3 Å². The average molecular weight is 377 g/mol. The standard InChI is InChI=1S/C21H19N3O2S/c1-13-23-24-21(27-13)22-20(15-7-10-16(26-2)11-8-15)19-17-6-4-3-5-14(17)9-12-18(19)25/h3-12,20,25H,1-2H3,(H,22,24). The molecule has 0 bridgehead atoms. The summed E-state index contributed by atoms with van der Waals surface area (Å²) in [5, 5.41) is 26.1. The number of aryl methyl sites for hydroxylation is 1. The van der Waals surface area contributed by atoms with Gasteiger partial charge in [0.2, 0.25) is 5.13 Å². The summed E-state index contributed by atoms with van der Waals surface area (Å²) < 4.78 is 5.28. The van der Waals surface area contributed by atoms with E-state index in [2.05, 4.69) is 15.5 Å². The van der Waals surface area contributed by atoms with Crippen LogP contribution >= 0.6 is 11.3 Å². The second-order valence-electron chi connectivity index (χ2n) is 6.20. The molecule has 4 rings (SSSR count). The summed E-state index contributed by atoms with van der Waals surface area (Å²) in [7, 11) is 1.64. The highest BCUT2D eigenvalue weighted by Crippen LogP contribution is 2.38. The number of hydrogen-bond donors (Lipinski definition) is 2. The molecule has 27 heavy (non-hydrogen) atoms. The zero-order chi connectivity index (χ0) is 18.8. The molecule has 5 nitrogen and oxygen atoms in total. The van der Waals surface area contributed by atoms with Gasteiger partial charge in [-0.05, 0) is 41.5 Å². The van der Waals surface area contributed by atoms with E-state index in [1.807, 2.05) is 61.5 Å². The zero-order valence-corrected chi connectivity index (χ0v) is 15.8. The lowest BCUT2D eigenvalue weighted by Gasteiger charge is -2.22. The maximum atomic E-state index is 10.7. The van der Waals surface area contributed by atoms with Gasteiger partial charge in [0.05, 0.1) is 13.2 Å². The highest BCUT2D eigenvalue weighted by molar-refractivity contribution is 7.15. The van der Waals surface area contributed by atoms with Gasteiger partial charge < -0.3 is 15.2 Å². The first-order chi connectivity index (χ1) is 13.2. The Morgan fingerprint density at radius 3 is 2.48 bits per heavy atom. The predicted molar refractivity (Wildman–Crippen MR) is 109 cm³/mol. The minimum absolute atomic E-state index is 0.239. The number of phenolic OH excluding ortho intramolecular Hbond substituents is 1. The summed E-state index contributed by atoms with van der Waals surface area (Å²) in [6.07, 6.45) is 0. The summed E-state index contributed by atoms with van der Waals surface area (Å²) in [6.45, 7) is 1.92. The lowest BCUT2D eigenvalue weighted by molar-refractivity contribution is 0.414. The van der Waals surface area contributed by atoms with E-state index in [-0.39, 0.29) is 11.8 Å². The number of nitrogens with zero attached hydrogens (tertiary/aromatic N) is 2. The number of aromatic hydroxyl groups is 1. The van der Waals surface area contributed by atoms with Crippen molar-refractivity contribution in [3.8, 4) is 11.5 Å². The van der Waals surface area contributed by atoms with E-state index < -0.39 is 0 Å². The van der Waals surface area contributed by atoms with E-state index in [1.165, 1.54) is 11.3 Å². The van der Waals surface area contributed by atoms with E-state index >= 15 is 0 Å². The smallest absolute Gasteiger partial charge is 0.206 e. The fourth-order valence-corrected chi connectivity index (χ4v) is 3.80. The number of fused-ring (bicyclic) bond motifs is 1. The molecule has 0 radical (unpaired) electrons. The number of methoxy groups -OCH3 is 1. The Balaban J connectivity index is 1.88. The summed E-state index contributed by atoms with van der Waals surface area (Å²) in [5.74, 6) is 1.02. The van der Waals surface area contributed by atoms with Crippen LogP contribution in [0, 0.1) is 6.92 Å². The highest BCUT2D eigenvalue weighted by Gasteiger charge is 2.22. The minimum Gasteiger partial charge on any atom is -0.508 e. The minimum atomic E-state index is -0.283. The number of aromatic nitrogens is 2. The second-order valence-corrected chi connectivity index (χ2v) is 7.38. The van der Waals surface area contributed by atoms with Crippen molar-refractivity contribution < 1.29 is 9.84 Å². The number of ether oxygens (including phenoxy) is 1. The lowest BCUT2D eigenvalue weighted by Crippen LogP contribution is -2.13. The van der Waals surface area contributed by atoms with Crippen LogP contribution < -0.4 is 10.1 Å². The molecule has 0 amide bonds. The van der Waals surface area contributed by atoms with Crippen molar-refractivity contribution in [2.75, 3.05) is 12.4 Å². The predicted octanol–water partition coefficient (Wildman–Crippen LogP) is 4.92. The van der Waals surface area contributed by atoms with Crippen LogP contribution in [0.4, 0.5) is 5.13 Å². The number of phenols is 1. The molecule has 2 N–H and O–H groups in total. The van der Waals surface area contributed by atoms with Gasteiger partial charge in [0.15, 0.2) is 0 Å². The molecule has 6 heteroatoms. The van der Waals surface area contributed by atoms with Gasteiger partial charge >= 0.3 is 0 Å². The fraction of sp³-hybridized carbons (Fsp3) is 0.143. The third-order valence-corrected chi connectivity index (χ3v) is 5.25. The van der Waals surface area contributed by atoms with E-state index in [1.54, 1.807) is 13.2 Å². The maximum Gasteiger partial charge on any atom is 0.206 e. The number of hydrogen-bond acceptors (Lipinski definition) is 6. The molecule has 0 saturated carbocycles. The van der Waals surface area contributed by atoms with Crippen molar-refractivity contribution in [2.24, 2.45) is 0 Å². The third kappa shape index (κ3) is 3.44. The summed E-state index contributed by atoms with van der Waals surface area (Å²) in [6, 6.07) is 19.2. The Bertz CT molecular complexity index is 1080. The van der Waals surface area contributed by atoms with Gasteiger partial charge in [-0.15, -0.1) is 10.2 Å². The summed E-state index contributed by atoms with van der Waals surface area (Å²) in [5.41, 5.74) is 1.81. The molecule has 1 heterocycles. The van der Waals surface area contributed by atoms with Crippen molar-refractivity contribution in [2.45, 2.75) is 13.0 Å². The SMILES string of the molecule is COc1ccc(C(Nc2nnc(C)s2)c2c(O)ccc3ccccc23)cc1. The average Bonchev–Trinajstić information content (AvgIpc) is 3.11. The van der Waals surface area contributed by atoms with Crippen LogP contribution in [-0.4, -0.2) is 22.4 Å². The molecule has 4 aromatic rings. The number of nitrogens with one attached hydrogen (secondary N) is 1. The van der Waals surface area contributed by atoms with Gasteiger partial charge in [0.1, 0.15) is 16.5 Å². The number of rotatable bonds is 5. The molecule has 3 aromatic carbocycles. The van der Waals surface area contributed by atoms with Crippen LogP contribution in [-0.2, 0) is 0 Å². The molecule has 0 fully saturated rings. The van der Waals surface area contributed by atoms with Gasteiger partial charge in [-0.3, -0.25) is 0 Å². The molecule has 0 aliphatic carbocycles. The monoisotopic (exact) mass is 377 g/mol. The molecule has 0 aliphatic rings. The number of anilines is 1. The van der Waals surface area contributed by atoms with Crippen LogP contribution in [0.5, 0.6) is 11.5 Å². The van der Waals surface area contributed by atoms with Crippen LogP contribution in [0.1, 0.15) is 22.2 Å². The molecule has 0 saturated heterocycles. The molecular weight excluding hydrogens is 358 g/mol. The van der Waals surface area contributed by atoms with Gasteiger partial charge in [-0.1, -0.05) is 53.8 Å². The van der Waals surface area contributed by atoms with Gasteiger partial charge in [-0.2, -0.15) is 0 Å². The van der Waals surface area contributed by atoms with Crippen LogP contribution in [0.2, 0.25) is 0 Å². The van der Waals surface area contributed by atoms with Gasteiger partial charge in [0.25, 0.3) is 0 Å². The first-order valence-electron chi connectivity index (χ1n) is 8.57. The Labute approximate surface area is 161 Å². The van der Waals surface area contributed by atoms with Crippen LogP contribution in [0.25, 0.3) is 10.8 Å². The Hall–Kier alpha value is -3.12. The van der Waals surface area contributed by atoms with Crippen LogP contribution in [0.15, 0.2) is 60.7 Å². The lowest BCUT2D eigenvalue weighted by atomic mass is 9.93. The molecule has 1 aromatic heterocycles. The van der Waals surface area contributed by atoms with Crippen molar-refractivity contribution in [3.63, 3.8) is 0 Å². The maximum absolute atomic E-state index is 10.7. The number of benzene rings is 3. The summed E-state index contributed by atoms with van der Waals surface area (Å²) in [4.78, 5) is 0. The van der Waals surface area contributed by atoms with E-state index in [0.717, 1.165) is 32.7 Å². The highest BCUT2D eigenvalue weighted by atomic mass is 32.1. The van der Waals surface area contributed by atoms with Crippen LogP contribution in [0.3, 0.4) is 0 Å². The van der Waals surface area contributed by atoms with Crippen molar-refractivity contribution in [3.05, 3.63) is 76.8 Å². The summed E-state index contributed by atoms with van der Waals surface area (Å²) >= 11 is 1.48. The Kier molecular flexibility index (Phi) is 4.64. The van der Waals surface area contributed by atoms with Gasteiger partial charge in [0, 0.05) is 5.56 Å². The first-order valence-corrected chi connectivity index (χ1v) is 9.38. The Morgan fingerprint density at radius 2 is 1.78 bits per heavy atom. The fourth-order valence-electron chi connectivity index (χ4n) is 3.18. The normalized spacial score (nSPS) is 12.1. The largest absolute Gasteiger partial charge is 0.508 e. The molecule has 1 unspecified atom stereocenters. The van der Waals surface area contributed by atoms with E-state index in [4.69, 9.17) is 4.74 Å². The van der Waals surface area contributed by atoms with Crippen molar-refractivity contribution in [1.82, 2.24) is 10.2 Å². The third-order valence-electron chi connectivity index (χ3n) is 4.48. The Morgan fingerprint density at radius 1 is 1.00 bits per heavy atom. The second kappa shape index (κ2) is 7.25. The molecule has 136 valence electrons. The van der Waals surface area contributed by atoms with E-state index in [9.17, 15) is 5.11 Å². The molecule has 0 spiro atoms. The van der Waals surface area contributed by atoms with Gasteiger partial charge in [-0.25, -0.2) is 0 Å².